The minimum Gasteiger partial charge on any atom is -0.317 e. The molecule has 2 heterocycles. The van der Waals surface area contributed by atoms with Gasteiger partial charge in [-0.3, -0.25) is 4.79 Å². The molecule has 1 aliphatic rings. The van der Waals surface area contributed by atoms with Crippen molar-refractivity contribution in [3.05, 3.63) is 64.8 Å². The Morgan fingerprint density at radius 2 is 2.00 bits per heavy atom. The van der Waals surface area contributed by atoms with Gasteiger partial charge in [-0.1, -0.05) is 19.1 Å². The van der Waals surface area contributed by atoms with Crippen LogP contribution in [0, 0.1) is 11.7 Å². The van der Waals surface area contributed by atoms with Gasteiger partial charge in [-0.15, -0.1) is 34.4 Å². The van der Waals surface area contributed by atoms with Crippen LogP contribution < -0.4 is 5.32 Å². The smallest absolute Gasteiger partial charge is 0.225 e. The Morgan fingerprint density at radius 1 is 1.18 bits per heavy atom. The molecule has 2 aromatic carbocycles. The van der Waals surface area contributed by atoms with Crippen LogP contribution in [0.25, 0.3) is 20.8 Å². The van der Waals surface area contributed by atoms with Crippen LogP contribution in [0.3, 0.4) is 0 Å². The van der Waals surface area contributed by atoms with E-state index in [1.54, 1.807) is 46.6 Å². The maximum absolute atomic E-state index is 13.0. The molecule has 1 atom stereocenters. The average molecular weight is 497 g/mol. The Labute approximate surface area is 205 Å². The summed E-state index contributed by atoms with van der Waals surface area (Å²) >= 11 is 5.08. The lowest BCUT2D eigenvalue weighted by atomic mass is 9.88. The molecule has 0 saturated carbocycles. The van der Waals surface area contributed by atoms with E-state index in [1.165, 1.54) is 33.7 Å². The number of hydrogen-bond acceptors (Lipinski definition) is 5. The number of thiophene rings is 1. The Morgan fingerprint density at radius 3 is 2.82 bits per heavy atom. The highest BCUT2D eigenvalue weighted by molar-refractivity contribution is 7.99. The SMILES string of the molecule is CC1CCc2c(sc(NC(=O)CCCSc3ccc(F)cc3)c2-c2nc3ccccc3s2)C1. The van der Waals surface area contributed by atoms with Gasteiger partial charge in [0.05, 0.1) is 10.2 Å². The molecule has 170 valence electrons. The van der Waals surface area contributed by atoms with E-state index in [0.717, 1.165) is 51.0 Å². The molecule has 5 rings (SSSR count). The van der Waals surface area contributed by atoms with E-state index in [4.69, 9.17) is 4.98 Å². The van der Waals surface area contributed by atoms with Gasteiger partial charge >= 0.3 is 0 Å². The Kier molecular flexibility index (Phi) is 6.81. The molecule has 1 N–H and O–H groups in total. The number of para-hydroxylation sites is 1. The lowest BCUT2D eigenvalue weighted by Gasteiger charge is -2.18. The van der Waals surface area contributed by atoms with Gasteiger partial charge in [0, 0.05) is 21.8 Å². The molecule has 0 radical (unpaired) electrons. The van der Waals surface area contributed by atoms with Crippen molar-refractivity contribution in [2.45, 2.75) is 43.9 Å². The highest BCUT2D eigenvalue weighted by atomic mass is 32.2. The Balaban J connectivity index is 1.31. The van der Waals surface area contributed by atoms with Gasteiger partial charge in [-0.05, 0) is 79.3 Å². The van der Waals surface area contributed by atoms with Crippen molar-refractivity contribution in [3.63, 3.8) is 0 Å². The van der Waals surface area contributed by atoms with Crippen molar-refractivity contribution < 1.29 is 9.18 Å². The third-order valence-electron chi connectivity index (χ3n) is 5.90. The zero-order valence-corrected chi connectivity index (χ0v) is 20.8. The number of thiazole rings is 1. The van der Waals surface area contributed by atoms with Gasteiger partial charge in [0.15, 0.2) is 0 Å². The lowest BCUT2D eigenvalue weighted by Crippen LogP contribution is -2.11. The predicted molar refractivity (Wildman–Crippen MR) is 139 cm³/mol. The van der Waals surface area contributed by atoms with Crippen molar-refractivity contribution >= 4 is 55.6 Å². The number of hydrogen-bond donors (Lipinski definition) is 1. The molecule has 0 bridgehead atoms. The van der Waals surface area contributed by atoms with Crippen molar-refractivity contribution in [3.8, 4) is 10.6 Å². The molecule has 7 heteroatoms. The first-order valence-corrected chi connectivity index (χ1v) is 13.9. The summed E-state index contributed by atoms with van der Waals surface area (Å²) in [4.78, 5) is 20.1. The van der Waals surface area contributed by atoms with Crippen LogP contribution in [0.1, 0.15) is 36.6 Å². The summed E-state index contributed by atoms with van der Waals surface area (Å²) in [5.41, 5.74) is 3.52. The van der Waals surface area contributed by atoms with Crippen molar-refractivity contribution in [2.24, 2.45) is 5.92 Å². The van der Waals surface area contributed by atoms with Crippen LogP contribution in [0.4, 0.5) is 9.39 Å². The fourth-order valence-electron chi connectivity index (χ4n) is 4.19. The summed E-state index contributed by atoms with van der Waals surface area (Å²) < 4.78 is 14.2. The molecule has 0 spiro atoms. The molecule has 0 saturated heterocycles. The minimum absolute atomic E-state index is 0.0451. The summed E-state index contributed by atoms with van der Waals surface area (Å²) in [5, 5.41) is 5.17. The number of aromatic nitrogens is 1. The molecule has 3 nitrogen and oxygen atoms in total. The molecule has 0 fully saturated rings. The Hall–Kier alpha value is -2.22. The number of nitrogens with zero attached hydrogens (tertiary/aromatic N) is 1. The number of carbonyl (C=O) groups is 1. The second-order valence-electron chi connectivity index (χ2n) is 8.50. The van der Waals surface area contributed by atoms with E-state index >= 15 is 0 Å². The molecule has 4 aromatic rings. The fraction of sp³-hybridized carbons (Fsp3) is 0.308. The summed E-state index contributed by atoms with van der Waals surface area (Å²) in [6.45, 7) is 2.30. The quantitative estimate of drug-likeness (QED) is 0.210. The minimum atomic E-state index is -0.226. The number of benzene rings is 2. The van der Waals surface area contributed by atoms with E-state index in [0.29, 0.717) is 12.3 Å². The highest BCUT2D eigenvalue weighted by Gasteiger charge is 2.27. The largest absolute Gasteiger partial charge is 0.317 e. The molecule has 0 aliphatic heterocycles. The summed E-state index contributed by atoms with van der Waals surface area (Å²) in [7, 11) is 0. The number of thioether (sulfide) groups is 1. The van der Waals surface area contributed by atoms with Crippen LogP contribution in [-0.2, 0) is 17.6 Å². The molecule has 2 aromatic heterocycles. The summed E-state index contributed by atoms with van der Waals surface area (Å²) in [5.74, 6) is 1.31. The number of nitrogens with one attached hydrogen (secondary N) is 1. The number of carbonyl (C=O) groups excluding carboxylic acids is 1. The van der Waals surface area contributed by atoms with Crippen molar-refractivity contribution in [1.29, 1.82) is 0 Å². The monoisotopic (exact) mass is 496 g/mol. The van der Waals surface area contributed by atoms with Crippen molar-refractivity contribution in [1.82, 2.24) is 4.98 Å². The predicted octanol–water partition coefficient (Wildman–Crippen LogP) is 7.80. The second kappa shape index (κ2) is 9.95. The van der Waals surface area contributed by atoms with Crippen molar-refractivity contribution in [2.75, 3.05) is 11.1 Å². The van der Waals surface area contributed by atoms with Gasteiger partial charge in [0.2, 0.25) is 5.91 Å². The van der Waals surface area contributed by atoms with Crippen LogP contribution >= 0.6 is 34.4 Å². The van der Waals surface area contributed by atoms with Gasteiger partial charge in [-0.2, -0.15) is 0 Å². The molecular formula is C26H25FN2OS3. The second-order valence-corrected chi connectivity index (χ2v) is 11.8. The number of amides is 1. The maximum Gasteiger partial charge on any atom is 0.225 e. The molecule has 1 unspecified atom stereocenters. The summed E-state index contributed by atoms with van der Waals surface area (Å²) in [6.07, 6.45) is 4.53. The van der Waals surface area contributed by atoms with E-state index in [2.05, 4.69) is 18.3 Å². The molecular weight excluding hydrogens is 471 g/mol. The van der Waals surface area contributed by atoms with Gasteiger partial charge in [-0.25, -0.2) is 9.37 Å². The van der Waals surface area contributed by atoms with Gasteiger partial charge < -0.3 is 5.32 Å². The topological polar surface area (TPSA) is 42.0 Å². The third kappa shape index (κ3) is 5.15. The van der Waals surface area contributed by atoms with Gasteiger partial charge in [0.1, 0.15) is 15.8 Å². The first-order chi connectivity index (χ1) is 16.1. The number of fused-ring (bicyclic) bond motifs is 2. The first-order valence-electron chi connectivity index (χ1n) is 11.3. The Bertz CT molecular complexity index is 1250. The van der Waals surface area contributed by atoms with E-state index in [-0.39, 0.29) is 11.7 Å². The number of halogens is 1. The number of rotatable bonds is 7. The number of anilines is 1. The van der Waals surface area contributed by atoms with Gasteiger partial charge in [0.25, 0.3) is 0 Å². The van der Waals surface area contributed by atoms with E-state index in [1.807, 2.05) is 18.2 Å². The zero-order chi connectivity index (χ0) is 22.8. The lowest BCUT2D eigenvalue weighted by molar-refractivity contribution is -0.116. The highest BCUT2D eigenvalue weighted by Crippen LogP contribution is 2.47. The van der Waals surface area contributed by atoms with E-state index in [9.17, 15) is 9.18 Å². The van der Waals surface area contributed by atoms with Crippen LogP contribution in [0.2, 0.25) is 0 Å². The summed E-state index contributed by atoms with van der Waals surface area (Å²) in [6, 6.07) is 14.7. The molecule has 1 amide bonds. The standard InChI is InChI=1S/C26H25FN2OS3/c1-16-8-13-19-22(15-16)33-26(24(19)25-28-20-5-2-3-6-21(20)32-25)29-23(30)7-4-14-31-18-11-9-17(27)10-12-18/h2-3,5-6,9-12,16H,4,7-8,13-15H2,1H3,(H,29,30). The maximum atomic E-state index is 13.0. The molecule has 33 heavy (non-hydrogen) atoms. The van der Waals surface area contributed by atoms with E-state index < -0.39 is 0 Å². The third-order valence-corrected chi connectivity index (χ3v) is 9.22. The molecule has 1 aliphatic carbocycles. The normalized spacial score (nSPS) is 15.5. The average Bonchev–Trinajstić information content (AvgIpc) is 3.38. The zero-order valence-electron chi connectivity index (χ0n) is 18.4. The van der Waals surface area contributed by atoms with Crippen LogP contribution in [0.5, 0.6) is 0 Å². The van der Waals surface area contributed by atoms with Crippen LogP contribution in [-0.4, -0.2) is 16.6 Å². The first kappa shape index (κ1) is 22.6. The van der Waals surface area contributed by atoms with Crippen LogP contribution in [0.15, 0.2) is 53.4 Å². The fourth-order valence-corrected chi connectivity index (χ4v) is 7.58.